The van der Waals surface area contributed by atoms with Crippen LogP contribution in [-0.4, -0.2) is 74.4 Å². The monoisotopic (exact) mass is 253 g/mol. The molecular formula is C8H15NO6S. The Bertz CT molecular complexity index is 239. The summed E-state index contributed by atoms with van der Waals surface area (Å²) in [5.74, 6) is 0. The third-order valence-corrected chi connectivity index (χ3v) is 2.16. The third kappa shape index (κ3) is 4.47. The van der Waals surface area contributed by atoms with E-state index in [-0.39, 0.29) is 11.3 Å². The Labute approximate surface area is 97.3 Å². The Morgan fingerprint density at radius 2 is 1.81 bits per heavy atom. The fraction of sp³-hybridized carbons (Fsp3) is 0.750. The predicted octanol–water partition coefficient (Wildman–Crippen LogP) is -3.46. The normalized spacial score (nSPS) is 18.3. The molecule has 0 amide bonds. The smallest absolute Gasteiger partial charge is 0.144 e. The SMILES string of the molecule is O=C[C@H](NC(=S)CO)[C@@H](O)[C@@H](O)[C@H](O)CO. The van der Waals surface area contributed by atoms with Gasteiger partial charge in [0.15, 0.2) is 0 Å². The zero-order valence-corrected chi connectivity index (χ0v) is 9.17. The molecule has 0 aliphatic rings. The van der Waals surface area contributed by atoms with Crippen LogP contribution in [0.25, 0.3) is 0 Å². The molecule has 7 nitrogen and oxygen atoms in total. The first kappa shape index (κ1) is 15.4. The number of nitrogens with one attached hydrogen (secondary N) is 1. The van der Waals surface area contributed by atoms with Crippen LogP contribution in [0.5, 0.6) is 0 Å². The molecule has 16 heavy (non-hydrogen) atoms. The van der Waals surface area contributed by atoms with Gasteiger partial charge in [-0.15, -0.1) is 0 Å². The Morgan fingerprint density at radius 3 is 2.19 bits per heavy atom. The molecule has 0 rings (SSSR count). The Kier molecular flexibility index (Phi) is 7.30. The molecular weight excluding hydrogens is 238 g/mol. The highest BCUT2D eigenvalue weighted by Crippen LogP contribution is 2.03. The lowest BCUT2D eigenvalue weighted by Crippen LogP contribution is -2.53. The molecule has 4 atom stereocenters. The molecule has 0 aliphatic carbocycles. The number of hydrogen-bond donors (Lipinski definition) is 6. The van der Waals surface area contributed by atoms with Gasteiger partial charge in [-0.25, -0.2) is 0 Å². The average molecular weight is 253 g/mol. The van der Waals surface area contributed by atoms with Crippen molar-refractivity contribution in [3.63, 3.8) is 0 Å². The second kappa shape index (κ2) is 7.60. The van der Waals surface area contributed by atoms with Crippen molar-refractivity contribution in [2.45, 2.75) is 24.4 Å². The van der Waals surface area contributed by atoms with Gasteiger partial charge in [0.25, 0.3) is 0 Å². The molecule has 0 spiro atoms. The minimum Gasteiger partial charge on any atom is -0.394 e. The van der Waals surface area contributed by atoms with Gasteiger partial charge in [0.05, 0.1) is 13.2 Å². The fourth-order valence-corrected chi connectivity index (χ4v) is 1.12. The molecule has 0 unspecified atom stereocenters. The molecule has 0 aliphatic heterocycles. The molecule has 0 radical (unpaired) electrons. The van der Waals surface area contributed by atoms with E-state index in [9.17, 15) is 15.0 Å². The average Bonchev–Trinajstić information content (AvgIpc) is 2.32. The summed E-state index contributed by atoms with van der Waals surface area (Å²) in [5.41, 5.74) is 0. The van der Waals surface area contributed by atoms with Crippen LogP contribution in [0, 0.1) is 0 Å². The van der Waals surface area contributed by atoms with Crippen molar-refractivity contribution >= 4 is 23.5 Å². The summed E-state index contributed by atoms with van der Waals surface area (Å²) in [4.78, 5) is 10.5. The lowest BCUT2D eigenvalue weighted by atomic mass is 10.0. The summed E-state index contributed by atoms with van der Waals surface area (Å²) >= 11 is 4.57. The Morgan fingerprint density at radius 1 is 1.25 bits per heavy atom. The number of thiocarbonyl (C=S) groups is 1. The summed E-state index contributed by atoms with van der Waals surface area (Å²) in [6, 6.07) is -1.27. The van der Waals surface area contributed by atoms with Crippen LogP contribution in [0.2, 0.25) is 0 Å². The highest BCUT2D eigenvalue weighted by atomic mass is 32.1. The van der Waals surface area contributed by atoms with Crippen LogP contribution in [0.3, 0.4) is 0 Å². The van der Waals surface area contributed by atoms with Crippen molar-refractivity contribution in [2.75, 3.05) is 13.2 Å². The number of aldehydes is 1. The predicted molar refractivity (Wildman–Crippen MR) is 57.8 cm³/mol. The van der Waals surface area contributed by atoms with Crippen LogP contribution in [0.4, 0.5) is 0 Å². The molecule has 0 aromatic heterocycles. The van der Waals surface area contributed by atoms with Crippen LogP contribution in [-0.2, 0) is 4.79 Å². The zero-order valence-electron chi connectivity index (χ0n) is 8.35. The van der Waals surface area contributed by atoms with Crippen molar-refractivity contribution in [1.82, 2.24) is 5.32 Å². The highest BCUT2D eigenvalue weighted by molar-refractivity contribution is 7.80. The van der Waals surface area contributed by atoms with Gasteiger partial charge >= 0.3 is 0 Å². The molecule has 0 aromatic carbocycles. The molecule has 0 saturated heterocycles. The van der Waals surface area contributed by atoms with Gasteiger partial charge in [0, 0.05) is 0 Å². The van der Waals surface area contributed by atoms with Gasteiger partial charge in [-0.05, 0) is 0 Å². The molecule has 0 bridgehead atoms. The first-order chi connectivity index (χ1) is 7.47. The summed E-state index contributed by atoms with van der Waals surface area (Å²) in [5, 5.41) is 47.3. The van der Waals surface area contributed by atoms with E-state index in [4.69, 9.17) is 15.3 Å². The molecule has 0 fully saturated rings. The topological polar surface area (TPSA) is 130 Å². The maximum Gasteiger partial charge on any atom is 0.144 e. The summed E-state index contributed by atoms with van der Waals surface area (Å²) < 4.78 is 0. The van der Waals surface area contributed by atoms with Gasteiger partial charge in [-0.1, -0.05) is 12.2 Å². The van der Waals surface area contributed by atoms with Crippen molar-refractivity contribution in [3.05, 3.63) is 0 Å². The van der Waals surface area contributed by atoms with Gasteiger partial charge in [-0.2, -0.15) is 0 Å². The minimum absolute atomic E-state index is 0.0816. The number of aliphatic hydroxyl groups excluding tert-OH is 5. The molecule has 6 N–H and O–H groups in total. The first-order valence-corrected chi connectivity index (χ1v) is 4.89. The van der Waals surface area contributed by atoms with Crippen LogP contribution < -0.4 is 5.32 Å². The maximum atomic E-state index is 10.6. The maximum absolute atomic E-state index is 10.6. The summed E-state index contributed by atoms with van der Waals surface area (Å²) in [6.07, 6.45) is -4.64. The molecule has 0 heterocycles. The molecule has 8 heteroatoms. The second-order valence-electron chi connectivity index (χ2n) is 3.12. The van der Waals surface area contributed by atoms with E-state index in [1.54, 1.807) is 0 Å². The van der Waals surface area contributed by atoms with Crippen LogP contribution in [0.1, 0.15) is 0 Å². The summed E-state index contributed by atoms with van der Waals surface area (Å²) in [6.45, 7) is -1.26. The van der Waals surface area contributed by atoms with Crippen molar-refractivity contribution < 1.29 is 30.3 Å². The van der Waals surface area contributed by atoms with Crippen LogP contribution >= 0.6 is 12.2 Å². The summed E-state index contributed by atoms with van der Waals surface area (Å²) in [7, 11) is 0. The number of carbonyl (C=O) groups is 1. The second-order valence-corrected chi connectivity index (χ2v) is 3.61. The molecule has 94 valence electrons. The quantitative estimate of drug-likeness (QED) is 0.204. The van der Waals surface area contributed by atoms with E-state index < -0.39 is 37.6 Å². The van der Waals surface area contributed by atoms with E-state index in [2.05, 4.69) is 17.5 Å². The van der Waals surface area contributed by atoms with Crippen molar-refractivity contribution in [1.29, 1.82) is 0 Å². The van der Waals surface area contributed by atoms with Crippen molar-refractivity contribution in [3.8, 4) is 0 Å². The Balaban J connectivity index is 4.45. The zero-order chi connectivity index (χ0) is 12.7. The number of rotatable bonds is 7. The number of carbonyl (C=O) groups excluding carboxylic acids is 1. The fourth-order valence-electron chi connectivity index (χ4n) is 0.979. The third-order valence-electron chi connectivity index (χ3n) is 1.92. The first-order valence-electron chi connectivity index (χ1n) is 4.48. The standard InChI is InChI=1S/C8H15NO6S/c10-1-4(9-6(16)3-12)7(14)8(15)5(13)2-11/h1,4-5,7-8,11-15H,2-3H2,(H,9,16)/t4-,5+,7+,8-/m0/s1. The van der Waals surface area contributed by atoms with Gasteiger partial charge in [-0.3, -0.25) is 0 Å². The molecule has 0 saturated carbocycles. The van der Waals surface area contributed by atoms with E-state index in [1.807, 2.05) is 0 Å². The van der Waals surface area contributed by atoms with E-state index in [1.165, 1.54) is 0 Å². The lowest BCUT2D eigenvalue weighted by Gasteiger charge is -2.26. The van der Waals surface area contributed by atoms with Gasteiger partial charge in [0.2, 0.25) is 0 Å². The highest BCUT2D eigenvalue weighted by Gasteiger charge is 2.31. The lowest BCUT2D eigenvalue weighted by molar-refractivity contribution is -0.119. The van der Waals surface area contributed by atoms with E-state index in [0.29, 0.717) is 0 Å². The van der Waals surface area contributed by atoms with Gasteiger partial charge in [0.1, 0.15) is 35.6 Å². The van der Waals surface area contributed by atoms with Crippen LogP contribution in [0.15, 0.2) is 0 Å². The van der Waals surface area contributed by atoms with E-state index >= 15 is 0 Å². The van der Waals surface area contributed by atoms with Crippen molar-refractivity contribution in [2.24, 2.45) is 0 Å². The Hall–Kier alpha value is -0.640. The van der Waals surface area contributed by atoms with E-state index in [0.717, 1.165) is 0 Å². The number of aliphatic hydroxyl groups is 5. The number of hydrogen-bond acceptors (Lipinski definition) is 7. The minimum atomic E-state index is -1.70. The van der Waals surface area contributed by atoms with Gasteiger partial charge < -0.3 is 35.6 Å². The molecule has 0 aromatic rings. The largest absolute Gasteiger partial charge is 0.394 e.